The van der Waals surface area contributed by atoms with Crippen LogP contribution in [-0.4, -0.2) is 25.4 Å². The van der Waals surface area contributed by atoms with Crippen LogP contribution in [0.3, 0.4) is 0 Å². The molecule has 1 rings (SSSR count). The summed E-state index contributed by atoms with van der Waals surface area (Å²) in [7, 11) is 1.58. The number of rotatable bonds is 7. The number of nitrogens with one attached hydrogen (secondary N) is 1. The molecule has 0 saturated carbocycles. The van der Waals surface area contributed by atoms with E-state index in [1.165, 1.54) is 0 Å². The molecule has 0 aliphatic carbocycles. The maximum Gasteiger partial charge on any atom is 0.252 e. The van der Waals surface area contributed by atoms with Crippen molar-refractivity contribution >= 4 is 33.4 Å². The number of hydrogen-bond donors (Lipinski definition) is 1. The molecule has 1 atom stereocenters. The molecule has 1 N–H and O–H groups in total. The molecule has 1 amide bonds. The van der Waals surface area contributed by atoms with Gasteiger partial charge >= 0.3 is 0 Å². The van der Waals surface area contributed by atoms with Crippen molar-refractivity contribution in [3.63, 3.8) is 0 Å². The Balaban J connectivity index is 2.49. The SMILES string of the molecule is COc1ccc(Br)c(C(=O)NCCCC(C)CCl)c1. The molecule has 106 valence electrons. The summed E-state index contributed by atoms with van der Waals surface area (Å²) in [6.45, 7) is 2.76. The van der Waals surface area contributed by atoms with E-state index in [4.69, 9.17) is 16.3 Å². The molecule has 0 bridgehead atoms. The Labute approximate surface area is 127 Å². The maximum absolute atomic E-state index is 12.0. The first-order valence-electron chi connectivity index (χ1n) is 6.26. The van der Waals surface area contributed by atoms with Crippen molar-refractivity contribution in [2.24, 2.45) is 5.92 Å². The number of halogens is 2. The maximum atomic E-state index is 12.0. The van der Waals surface area contributed by atoms with E-state index >= 15 is 0 Å². The van der Waals surface area contributed by atoms with Crippen molar-refractivity contribution in [3.8, 4) is 5.75 Å². The average molecular weight is 349 g/mol. The Morgan fingerprint density at radius 2 is 2.26 bits per heavy atom. The quantitative estimate of drug-likeness (QED) is 0.600. The zero-order valence-electron chi connectivity index (χ0n) is 11.2. The van der Waals surface area contributed by atoms with Crippen molar-refractivity contribution in [2.45, 2.75) is 19.8 Å². The third kappa shape index (κ3) is 5.41. The van der Waals surface area contributed by atoms with Crippen molar-refractivity contribution in [2.75, 3.05) is 19.5 Å². The highest BCUT2D eigenvalue weighted by atomic mass is 79.9. The summed E-state index contributed by atoms with van der Waals surface area (Å²) >= 11 is 9.11. The molecule has 3 nitrogen and oxygen atoms in total. The summed E-state index contributed by atoms with van der Waals surface area (Å²) in [5.41, 5.74) is 0.588. The number of methoxy groups -OCH3 is 1. The third-order valence-corrected chi connectivity index (χ3v) is 4.06. The minimum Gasteiger partial charge on any atom is -0.497 e. The average Bonchev–Trinajstić information content (AvgIpc) is 2.43. The van der Waals surface area contributed by atoms with Crippen LogP contribution in [0.25, 0.3) is 0 Å². The van der Waals surface area contributed by atoms with Crippen molar-refractivity contribution in [1.29, 1.82) is 0 Å². The first-order valence-corrected chi connectivity index (χ1v) is 7.59. The number of carbonyl (C=O) groups is 1. The van der Waals surface area contributed by atoms with Gasteiger partial charge in [0, 0.05) is 16.9 Å². The summed E-state index contributed by atoms with van der Waals surface area (Å²) in [6, 6.07) is 5.34. The molecule has 0 aliphatic heterocycles. The van der Waals surface area contributed by atoms with Gasteiger partial charge in [-0.3, -0.25) is 4.79 Å². The molecule has 19 heavy (non-hydrogen) atoms. The highest BCUT2D eigenvalue weighted by Crippen LogP contribution is 2.22. The molecule has 0 radical (unpaired) electrons. The molecule has 0 heterocycles. The zero-order valence-corrected chi connectivity index (χ0v) is 13.6. The summed E-state index contributed by atoms with van der Waals surface area (Å²) < 4.78 is 5.88. The lowest BCUT2D eigenvalue weighted by Crippen LogP contribution is -2.25. The van der Waals surface area contributed by atoms with Gasteiger partial charge in [0.25, 0.3) is 5.91 Å². The molecule has 0 saturated heterocycles. The van der Waals surface area contributed by atoms with E-state index in [1.807, 2.05) is 12.1 Å². The van der Waals surface area contributed by atoms with E-state index in [0.717, 1.165) is 17.3 Å². The Morgan fingerprint density at radius 1 is 1.53 bits per heavy atom. The highest BCUT2D eigenvalue weighted by molar-refractivity contribution is 9.10. The van der Waals surface area contributed by atoms with Crippen LogP contribution in [0.5, 0.6) is 5.75 Å². The van der Waals surface area contributed by atoms with E-state index in [-0.39, 0.29) is 5.91 Å². The van der Waals surface area contributed by atoms with Gasteiger partial charge in [-0.15, -0.1) is 11.6 Å². The first kappa shape index (κ1) is 16.3. The van der Waals surface area contributed by atoms with E-state index in [1.54, 1.807) is 13.2 Å². The fourth-order valence-electron chi connectivity index (χ4n) is 1.63. The monoisotopic (exact) mass is 347 g/mol. The molecular formula is C14H19BrClNO2. The lowest BCUT2D eigenvalue weighted by molar-refractivity contribution is 0.0951. The zero-order chi connectivity index (χ0) is 14.3. The van der Waals surface area contributed by atoms with Gasteiger partial charge in [0.2, 0.25) is 0 Å². The molecule has 0 aromatic heterocycles. The van der Waals surface area contributed by atoms with Gasteiger partial charge in [0.05, 0.1) is 12.7 Å². The normalized spacial score (nSPS) is 12.0. The second-order valence-corrected chi connectivity index (χ2v) is 5.67. The molecule has 1 aromatic rings. The van der Waals surface area contributed by atoms with Crippen LogP contribution >= 0.6 is 27.5 Å². The summed E-state index contributed by atoms with van der Waals surface area (Å²) in [6.07, 6.45) is 1.95. The molecule has 0 aliphatic rings. The van der Waals surface area contributed by atoms with E-state index < -0.39 is 0 Å². The predicted octanol–water partition coefficient (Wildman–Crippen LogP) is 3.84. The van der Waals surface area contributed by atoms with Gasteiger partial charge in [-0.25, -0.2) is 0 Å². The van der Waals surface area contributed by atoms with E-state index in [2.05, 4.69) is 28.2 Å². The Kier molecular flexibility index (Phi) is 7.24. The Hall–Kier alpha value is -0.740. The van der Waals surface area contributed by atoms with Crippen molar-refractivity contribution in [1.82, 2.24) is 5.32 Å². The fraction of sp³-hybridized carbons (Fsp3) is 0.500. The van der Waals surface area contributed by atoms with E-state index in [9.17, 15) is 4.79 Å². The second-order valence-electron chi connectivity index (χ2n) is 4.50. The van der Waals surface area contributed by atoms with Gasteiger partial charge < -0.3 is 10.1 Å². The molecule has 1 unspecified atom stereocenters. The predicted molar refractivity (Wildman–Crippen MR) is 82.1 cm³/mol. The van der Waals surface area contributed by atoms with E-state index in [0.29, 0.717) is 29.7 Å². The van der Waals surface area contributed by atoms with Crippen LogP contribution < -0.4 is 10.1 Å². The second kappa shape index (κ2) is 8.43. The smallest absolute Gasteiger partial charge is 0.252 e. The fourth-order valence-corrected chi connectivity index (χ4v) is 2.21. The molecular weight excluding hydrogens is 330 g/mol. The van der Waals surface area contributed by atoms with Gasteiger partial charge in [-0.2, -0.15) is 0 Å². The molecule has 1 aromatic carbocycles. The topological polar surface area (TPSA) is 38.3 Å². The number of hydrogen-bond acceptors (Lipinski definition) is 2. The molecule has 5 heteroatoms. The van der Waals surface area contributed by atoms with Crippen molar-refractivity contribution in [3.05, 3.63) is 28.2 Å². The largest absolute Gasteiger partial charge is 0.497 e. The Bertz CT molecular complexity index is 426. The number of carbonyl (C=O) groups excluding carboxylic acids is 1. The minimum atomic E-state index is -0.0932. The minimum absolute atomic E-state index is 0.0932. The van der Waals surface area contributed by atoms with Crippen LogP contribution in [0, 0.1) is 5.92 Å². The number of ether oxygens (including phenoxy) is 1. The van der Waals surface area contributed by atoms with Crippen LogP contribution in [0.15, 0.2) is 22.7 Å². The van der Waals surface area contributed by atoms with Gasteiger partial charge in [-0.05, 0) is 52.9 Å². The lowest BCUT2D eigenvalue weighted by atomic mass is 10.1. The van der Waals surface area contributed by atoms with Gasteiger partial charge in [0.1, 0.15) is 5.75 Å². The van der Waals surface area contributed by atoms with Crippen LogP contribution in [0.1, 0.15) is 30.1 Å². The number of amides is 1. The standard InChI is InChI=1S/C14H19BrClNO2/c1-10(9-16)4-3-7-17-14(18)12-8-11(19-2)5-6-13(12)15/h5-6,8,10H,3-4,7,9H2,1-2H3,(H,17,18). The summed E-state index contributed by atoms with van der Waals surface area (Å²) in [5, 5.41) is 2.90. The third-order valence-electron chi connectivity index (χ3n) is 2.84. The number of benzene rings is 1. The summed E-state index contributed by atoms with van der Waals surface area (Å²) in [4.78, 5) is 12.0. The highest BCUT2D eigenvalue weighted by Gasteiger charge is 2.11. The Morgan fingerprint density at radius 3 is 2.89 bits per heavy atom. The van der Waals surface area contributed by atoms with Crippen molar-refractivity contribution < 1.29 is 9.53 Å². The van der Waals surface area contributed by atoms with Crippen LogP contribution in [-0.2, 0) is 0 Å². The first-order chi connectivity index (χ1) is 9.08. The lowest BCUT2D eigenvalue weighted by Gasteiger charge is -2.10. The molecule has 0 spiro atoms. The summed E-state index contributed by atoms with van der Waals surface area (Å²) in [5.74, 6) is 1.73. The van der Waals surface area contributed by atoms with Gasteiger partial charge in [-0.1, -0.05) is 6.92 Å². The van der Waals surface area contributed by atoms with Gasteiger partial charge in [0.15, 0.2) is 0 Å². The molecule has 0 fully saturated rings. The van der Waals surface area contributed by atoms with Crippen LogP contribution in [0.4, 0.5) is 0 Å². The van der Waals surface area contributed by atoms with Crippen LogP contribution in [0.2, 0.25) is 0 Å². The number of alkyl halides is 1.